The lowest BCUT2D eigenvalue weighted by Crippen LogP contribution is -2.41. The Hall–Kier alpha value is -1.53. The lowest BCUT2D eigenvalue weighted by molar-refractivity contribution is -0.123. The Labute approximate surface area is 113 Å². The van der Waals surface area contributed by atoms with Gasteiger partial charge in [0.05, 0.1) is 0 Å². The molecule has 1 aromatic carbocycles. The van der Waals surface area contributed by atoms with Crippen LogP contribution in [0, 0.1) is 5.41 Å². The zero-order valence-electron chi connectivity index (χ0n) is 9.20. The number of rotatable bonds is 2. The smallest absolute Gasteiger partial charge is 0.238 e. The van der Waals surface area contributed by atoms with E-state index in [0.29, 0.717) is 10.7 Å². The highest BCUT2D eigenvalue weighted by molar-refractivity contribution is 8.15. The Morgan fingerprint density at radius 3 is 2.72 bits per heavy atom. The Balaban J connectivity index is 2.01. The molecule has 5 nitrogen and oxygen atoms in total. The molecule has 1 fully saturated rings. The van der Waals surface area contributed by atoms with E-state index in [4.69, 9.17) is 17.0 Å². The fraction of sp³-hybridized carbons (Fsp3) is 0.182. The molecule has 1 saturated heterocycles. The highest BCUT2D eigenvalue weighted by atomic mass is 35.5. The van der Waals surface area contributed by atoms with Crippen molar-refractivity contribution in [3.63, 3.8) is 0 Å². The first kappa shape index (κ1) is 12.9. The number of carbonyl (C=O) groups is 2. The highest BCUT2D eigenvalue weighted by Gasteiger charge is 2.29. The average molecular weight is 284 g/mol. The SMILES string of the molecule is N=C1NC(=O)CC(C(=O)Nc2ccc(Cl)cc2)S1. The van der Waals surface area contributed by atoms with E-state index in [1.165, 1.54) is 0 Å². The Bertz CT molecular complexity index is 488. The molecule has 0 spiro atoms. The second-order valence-electron chi connectivity index (χ2n) is 3.68. The van der Waals surface area contributed by atoms with Crippen LogP contribution in [0.3, 0.4) is 0 Å². The molecular weight excluding hydrogens is 274 g/mol. The summed E-state index contributed by atoms with van der Waals surface area (Å²) in [5, 5.41) is 12.4. The van der Waals surface area contributed by atoms with E-state index in [1.807, 2.05) is 0 Å². The minimum atomic E-state index is -0.568. The van der Waals surface area contributed by atoms with Crippen molar-refractivity contribution in [3.8, 4) is 0 Å². The number of amidine groups is 1. The summed E-state index contributed by atoms with van der Waals surface area (Å²) in [6.07, 6.45) is 0.0759. The molecule has 1 unspecified atom stereocenters. The Morgan fingerprint density at radius 1 is 1.44 bits per heavy atom. The van der Waals surface area contributed by atoms with Crippen LogP contribution in [-0.4, -0.2) is 22.2 Å². The van der Waals surface area contributed by atoms with Crippen LogP contribution in [0.25, 0.3) is 0 Å². The van der Waals surface area contributed by atoms with Gasteiger partial charge in [-0.15, -0.1) is 0 Å². The molecule has 1 aliphatic rings. The molecule has 7 heteroatoms. The van der Waals surface area contributed by atoms with Gasteiger partial charge in [-0.25, -0.2) is 0 Å². The lowest BCUT2D eigenvalue weighted by Gasteiger charge is -2.21. The van der Waals surface area contributed by atoms with Gasteiger partial charge in [0.25, 0.3) is 0 Å². The molecule has 0 aliphatic carbocycles. The second-order valence-corrected chi connectivity index (χ2v) is 5.33. The summed E-state index contributed by atoms with van der Waals surface area (Å²) in [4.78, 5) is 23.1. The third-order valence-corrected chi connectivity index (χ3v) is 3.54. The predicted molar refractivity (Wildman–Crippen MR) is 71.9 cm³/mol. The van der Waals surface area contributed by atoms with Crippen molar-refractivity contribution in [3.05, 3.63) is 29.3 Å². The zero-order chi connectivity index (χ0) is 13.1. The molecular formula is C11H10ClN3O2S. The summed E-state index contributed by atoms with van der Waals surface area (Å²) in [5.41, 5.74) is 0.613. The number of anilines is 1. The molecule has 1 heterocycles. The van der Waals surface area contributed by atoms with E-state index >= 15 is 0 Å². The molecule has 1 aromatic rings. The van der Waals surface area contributed by atoms with Crippen LogP contribution < -0.4 is 10.6 Å². The number of hydrogen-bond donors (Lipinski definition) is 3. The van der Waals surface area contributed by atoms with Crippen molar-refractivity contribution in [2.24, 2.45) is 0 Å². The molecule has 0 aromatic heterocycles. The van der Waals surface area contributed by atoms with Crippen LogP contribution in [0.1, 0.15) is 6.42 Å². The van der Waals surface area contributed by atoms with Crippen LogP contribution in [0.4, 0.5) is 5.69 Å². The molecule has 1 aliphatic heterocycles. The van der Waals surface area contributed by atoms with Crippen LogP contribution in [-0.2, 0) is 9.59 Å². The maximum atomic E-state index is 11.9. The van der Waals surface area contributed by atoms with Crippen molar-refractivity contribution in [1.29, 1.82) is 5.41 Å². The molecule has 94 valence electrons. The molecule has 0 saturated carbocycles. The van der Waals surface area contributed by atoms with Crippen molar-refractivity contribution in [1.82, 2.24) is 5.32 Å². The normalized spacial score (nSPS) is 19.3. The van der Waals surface area contributed by atoms with Crippen molar-refractivity contribution in [2.45, 2.75) is 11.7 Å². The lowest BCUT2D eigenvalue weighted by atomic mass is 10.2. The third-order valence-electron chi connectivity index (χ3n) is 2.29. The Kier molecular flexibility index (Phi) is 3.88. The van der Waals surface area contributed by atoms with Crippen LogP contribution in [0.15, 0.2) is 24.3 Å². The topological polar surface area (TPSA) is 82.1 Å². The number of nitrogens with one attached hydrogen (secondary N) is 3. The van der Waals surface area contributed by atoms with Gasteiger partial charge in [0.1, 0.15) is 5.25 Å². The molecule has 2 rings (SSSR count). The van der Waals surface area contributed by atoms with E-state index in [2.05, 4.69) is 10.6 Å². The van der Waals surface area contributed by atoms with E-state index in [0.717, 1.165) is 11.8 Å². The number of thioether (sulfide) groups is 1. The minimum Gasteiger partial charge on any atom is -0.325 e. The summed E-state index contributed by atoms with van der Waals surface area (Å²) in [6.45, 7) is 0. The van der Waals surface area contributed by atoms with E-state index in [-0.39, 0.29) is 23.4 Å². The van der Waals surface area contributed by atoms with Crippen LogP contribution >= 0.6 is 23.4 Å². The van der Waals surface area contributed by atoms with Gasteiger partial charge in [-0.2, -0.15) is 0 Å². The first-order chi connectivity index (χ1) is 8.54. The summed E-state index contributed by atoms with van der Waals surface area (Å²) in [7, 11) is 0. The Morgan fingerprint density at radius 2 is 2.11 bits per heavy atom. The summed E-state index contributed by atoms with van der Waals surface area (Å²) >= 11 is 6.77. The quantitative estimate of drug-likeness (QED) is 0.774. The third kappa shape index (κ3) is 3.24. The summed E-state index contributed by atoms with van der Waals surface area (Å²) in [6, 6.07) is 6.69. The molecule has 1 atom stereocenters. The monoisotopic (exact) mass is 283 g/mol. The number of amides is 2. The van der Waals surface area contributed by atoms with Crippen LogP contribution in [0.2, 0.25) is 5.02 Å². The van der Waals surface area contributed by atoms with Gasteiger partial charge in [0.2, 0.25) is 11.8 Å². The van der Waals surface area contributed by atoms with Gasteiger partial charge in [-0.1, -0.05) is 23.4 Å². The number of halogens is 1. The highest BCUT2D eigenvalue weighted by Crippen LogP contribution is 2.22. The zero-order valence-corrected chi connectivity index (χ0v) is 10.8. The minimum absolute atomic E-state index is 0.00232. The van der Waals surface area contributed by atoms with Gasteiger partial charge in [0, 0.05) is 17.1 Å². The number of hydrogen-bond acceptors (Lipinski definition) is 4. The molecule has 2 amide bonds. The maximum absolute atomic E-state index is 11.9. The predicted octanol–water partition coefficient (Wildman–Crippen LogP) is 1.83. The standard InChI is InChI=1S/C11H10ClN3O2S/c12-6-1-3-7(4-2-6)14-10(17)8-5-9(16)15-11(13)18-8/h1-4,8H,5H2,(H,14,17)(H2,13,15,16). The largest absolute Gasteiger partial charge is 0.325 e. The molecule has 0 radical (unpaired) electrons. The average Bonchev–Trinajstić information content (AvgIpc) is 2.31. The first-order valence-electron chi connectivity index (χ1n) is 5.16. The van der Waals surface area contributed by atoms with Crippen molar-refractivity contribution < 1.29 is 9.59 Å². The maximum Gasteiger partial charge on any atom is 0.238 e. The van der Waals surface area contributed by atoms with Gasteiger partial charge in [-0.05, 0) is 24.3 Å². The summed E-state index contributed by atoms with van der Waals surface area (Å²) in [5.74, 6) is -0.600. The van der Waals surface area contributed by atoms with E-state index < -0.39 is 5.25 Å². The summed E-state index contributed by atoms with van der Waals surface area (Å²) < 4.78 is 0. The van der Waals surface area contributed by atoms with Gasteiger partial charge in [-0.3, -0.25) is 15.0 Å². The fourth-order valence-electron chi connectivity index (χ4n) is 1.46. The van der Waals surface area contributed by atoms with Crippen molar-refractivity contribution >= 4 is 46.0 Å². The first-order valence-corrected chi connectivity index (χ1v) is 6.42. The molecule has 0 bridgehead atoms. The van der Waals surface area contributed by atoms with Crippen LogP contribution in [0.5, 0.6) is 0 Å². The van der Waals surface area contributed by atoms with Gasteiger partial charge in [0.15, 0.2) is 5.17 Å². The van der Waals surface area contributed by atoms with E-state index in [1.54, 1.807) is 24.3 Å². The number of carbonyl (C=O) groups excluding carboxylic acids is 2. The van der Waals surface area contributed by atoms with Crippen molar-refractivity contribution in [2.75, 3.05) is 5.32 Å². The molecule has 18 heavy (non-hydrogen) atoms. The second kappa shape index (κ2) is 5.41. The number of benzene rings is 1. The van der Waals surface area contributed by atoms with E-state index in [9.17, 15) is 9.59 Å². The molecule has 3 N–H and O–H groups in total. The van der Waals surface area contributed by atoms with Gasteiger partial charge >= 0.3 is 0 Å². The van der Waals surface area contributed by atoms with Gasteiger partial charge < -0.3 is 10.6 Å². The fourth-order valence-corrected chi connectivity index (χ4v) is 2.45.